The van der Waals surface area contributed by atoms with E-state index >= 15 is 0 Å². The maximum Gasteiger partial charge on any atom is 0.0364 e. The molecule has 0 spiro atoms. The molecule has 1 atom stereocenters. The molecular weight excluding hydrogens is 867 g/mol. The predicted molar refractivity (Wildman–Crippen MR) is 192 cm³/mol. The van der Waals surface area contributed by atoms with Crippen molar-refractivity contribution < 1.29 is 0 Å². The highest BCUT2D eigenvalue weighted by atomic mass is 127. The Hall–Kier alpha value is -1.77. The smallest absolute Gasteiger partial charge is 0.0364 e. The van der Waals surface area contributed by atoms with E-state index in [1.165, 1.54) is 53.7 Å². The van der Waals surface area contributed by atoms with E-state index in [1.54, 1.807) is 0 Å². The van der Waals surface area contributed by atoms with Crippen LogP contribution in [0.3, 0.4) is 0 Å². The van der Waals surface area contributed by atoms with Crippen LogP contribution in [0, 0.1) is 3.57 Å². The lowest BCUT2D eigenvalue weighted by atomic mass is 9.81. The molecule has 0 heterocycles. The van der Waals surface area contributed by atoms with Crippen molar-refractivity contribution in [3.63, 3.8) is 0 Å². The van der Waals surface area contributed by atoms with Gasteiger partial charge in [-0.1, -0.05) is 124 Å². The Balaban J connectivity index is 1.77. The van der Waals surface area contributed by atoms with E-state index in [9.17, 15) is 0 Å². The highest BCUT2D eigenvalue weighted by Crippen LogP contribution is 2.58. The van der Waals surface area contributed by atoms with E-state index in [-0.39, 0.29) is 5.92 Å². The molecule has 1 aliphatic rings. The summed E-state index contributed by atoms with van der Waals surface area (Å²) >= 11 is 17.0. The van der Waals surface area contributed by atoms with Gasteiger partial charge in [-0.15, -0.1) is 0 Å². The molecule has 0 fully saturated rings. The number of rotatable bonds is 5. The minimum atomic E-state index is 0.0339. The first kappa shape index (κ1) is 28.4. The molecule has 0 saturated carbocycles. The van der Waals surface area contributed by atoms with E-state index in [1.807, 2.05) is 0 Å². The van der Waals surface area contributed by atoms with Gasteiger partial charge in [0.25, 0.3) is 0 Å². The van der Waals surface area contributed by atoms with Crippen LogP contribution in [0.25, 0.3) is 22.3 Å². The van der Waals surface area contributed by atoms with Gasteiger partial charge in [0, 0.05) is 27.4 Å². The quantitative estimate of drug-likeness (QED) is 0.154. The molecule has 40 heavy (non-hydrogen) atoms. The van der Waals surface area contributed by atoms with Crippen LogP contribution in [-0.2, 0) is 0 Å². The average Bonchev–Trinajstić information content (AvgIpc) is 3.31. The highest BCUT2D eigenvalue weighted by Gasteiger charge is 2.37. The fourth-order valence-corrected chi connectivity index (χ4v) is 6.82. The molecular formula is C35H21Br4I. The van der Waals surface area contributed by atoms with Crippen LogP contribution in [0.2, 0.25) is 0 Å². The number of allylic oxidation sites excluding steroid dienone is 4. The van der Waals surface area contributed by atoms with Crippen molar-refractivity contribution in [3.05, 3.63) is 171 Å². The first-order valence-corrected chi connectivity index (χ1v) is 16.9. The van der Waals surface area contributed by atoms with Gasteiger partial charge in [-0.25, -0.2) is 0 Å². The Morgan fingerprint density at radius 3 is 1.05 bits per heavy atom. The van der Waals surface area contributed by atoms with Gasteiger partial charge in [0.05, 0.1) is 0 Å². The summed E-state index contributed by atoms with van der Waals surface area (Å²) in [7, 11) is 0. The van der Waals surface area contributed by atoms with Crippen LogP contribution >= 0.6 is 86.3 Å². The molecule has 0 N–H and O–H groups in total. The van der Waals surface area contributed by atoms with Crippen LogP contribution in [0.5, 0.6) is 0 Å². The zero-order valence-electron chi connectivity index (χ0n) is 21.0. The molecule has 0 bridgehead atoms. The number of hydrogen-bond donors (Lipinski definition) is 0. The average molecular weight is 888 g/mol. The molecule has 5 aromatic rings. The number of halogens is 5. The maximum atomic E-state index is 3.66. The second kappa shape index (κ2) is 12.2. The van der Waals surface area contributed by atoms with E-state index in [4.69, 9.17) is 0 Å². The van der Waals surface area contributed by atoms with Gasteiger partial charge in [0.15, 0.2) is 0 Å². The third kappa shape index (κ3) is 5.78. The SMILES string of the molecule is Brc1ccc(C2=C(c3ccc(Br)cc3)C(c3ccc(Br)cc3)C(c3ccc(I)cc3)=C2c2ccc(Br)cc2)cc1. The van der Waals surface area contributed by atoms with Gasteiger partial charge >= 0.3 is 0 Å². The normalized spacial score (nSPS) is 15.2. The van der Waals surface area contributed by atoms with Gasteiger partial charge < -0.3 is 0 Å². The Morgan fingerprint density at radius 2 is 0.675 bits per heavy atom. The Kier molecular flexibility index (Phi) is 8.66. The fourth-order valence-electron chi connectivity index (χ4n) is 5.40. The van der Waals surface area contributed by atoms with Crippen molar-refractivity contribution in [2.24, 2.45) is 0 Å². The van der Waals surface area contributed by atoms with Crippen molar-refractivity contribution in [1.29, 1.82) is 0 Å². The van der Waals surface area contributed by atoms with Crippen LogP contribution in [0.4, 0.5) is 0 Å². The lowest BCUT2D eigenvalue weighted by Gasteiger charge is -2.22. The van der Waals surface area contributed by atoms with Crippen LogP contribution in [-0.4, -0.2) is 0 Å². The molecule has 1 aliphatic carbocycles. The van der Waals surface area contributed by atoms with Gasteiger partial charge in [-0.05, 0) is 133 Å². The largest absolute Gasteiger partial charge is 0.0570 e. The first-order chi connectivity index (χ1) is 19.4. The Bertz CT molecular complexity index is 1620. The number of hydrogen-bond acceptors (Lipinski definition) is 0. The molecule has 0 saturated heterocycles. The lowest BCUT2D eigenvalue weighted by molar-refractivity contribution is 1.14. The summed E-state index contributed by atoms with van der Waals surface area (Å²) in [5.74, 6) is 0.0339. The molecule has 0 amide bonds. The summed E-state index contributed by atoms with van der Waals surface area (Å²) in [6, 6.07) is 44.0. The molecule has 0 radical (unpaired) electrons. The third-order valence-electron chi connectivity index (χ3n) is 7.15. The van der Waals surface area contributed by atoms with Crippen molar-refractivity contribution >= 4 is 109 Å². The van der Waals surface area contributed by atoms with Crippen molar-refractivity contribution in [2.75, 3.05) is 0 Å². The summed E-state index contributed by atoms with van der Waals surface area (Å²) in [5, 5.41) is 0. The summed E-state index contributed by atoms with van der Waals surface area (Å²) in [6.45, 7) is 0. The highest BCUT2D eigenvalue weighted by molar-refractivity contribution is 14.1. The molecule has 1 unspecified atom stereocenters. The summed E-state index contributed by atoms with van der Waals surface area (Å²) in [4.78, 5) is 0. The minimum Gasteiger partial charge on any atom is -0.0570 e. The number of benzene rings is 5. The van der Waals surface area contributed by atoms with E-state index in [0.717, 1.165) is 17.9 Å². The molecule has 5 aromatic carbocycles. The standard InChI is InChI=1S/C35H21Br4I/c36-26-11-1-21(2-12-26)31-32(22-3-13-27(37)14-4-22)34(24-7-17-29(39)18-8-24)35(25-9-19-30(40)20-10-25)33(31)23-5-15-28(38)16-6-23/h1-20,33H. The monoisotopic (exact) mass is 884 g/mol. The first-order valence-electron chi connectivity index (χ1n) is 12.7. The van der Waals surface area contributed by atoms with Crippen molar-refractivity contribution in [2.45, 2.75) is 5.92 Å². The summed E-state index contributed by atoms with van der Waals surface area (Å²) in [5.41, 5.74) is 11.3. The van der Waals surface area contributed by atoms with Gasteiger partial charge in [-0.2, -0.15) is 0 Å². The molecule has 0 nitrogen and oxygen atoms in total. The zero-order valence-corrected chi connectivity index (χ0v) is 29.5. The minimum absolute atomic E-state index is 0.0339. The Morgan fingerprint density at radius 1 is 0.375 bits per heavy atom. The second-order valence-corrected chi connectivity index (χ2v) is 14.5. The van der Waals surface area contributed by atoms with Crippen molar-refractivity contribution in [3.8, 4) is 0 Å². The lowest BCUT2D eigenvalue weighted by Crippen LogP contribution is -2.03. The maximum absolute atomic E-state index is 3.66. The van der Waals surface area contributed by atoms with Gasteiger partial charge in [-0.3, -0.25) is 0 Å². The molecule has 5 heteroatoms. The van der Waals surface area contributed by atoms with Crippen LogP contribution < -0.4 is 0 Å². The molecule has 0 aliphatic heterocycles. The summed E-state index contributed by atoms with van der Waals surface area (Å²) in [6.07, 6.45) is 0. The molecule has 0 aromatic heterocycles. The van der Waals surface area contributed by atoms with Crippen LogP contribution in [0.1, 0.15) is 33.7 Å². The van der Waals surface area contributed by atoms with Crippen LogP contribution in [0.15, 0.2) is 139 Å². The third-order valence-corrected chi connectivity index (χ3v) is 9.98. The van der Waals surface area contributed by atoms with Gasteiger partial charge in [0.2, 0.25) is 0 Å². The second-order valence-electron chi connectivity index (χ2n) is 9.59. The molecule has 196 valence electrons. The zero-order chi connectivity index (χ0) is 27.8. The van der Waals surface area contributed by atoms with E-state index in [2.05, 4.69) is 208 Å². The Labute approximate surface area is 282 Å². The fraction of sp³-hybridized carbons (Fsp3) is 0.0286. The van der Waals surface area contributed by atoms with Gasteiger partial charge in [0.1, 0.15) is 0 Å². The van der Waals surface area contributed by atoms with E-state index in [0.29, 0.717) is 0 Å². The van der Waals surface area contributed by atoms with E-state index < -0.39 is 0 Å². The predicted octanol–water partition coefficient (Wildman–Crippen LogP) is 12.7. The summed E-state index contributed by atoms with van der Waals surface area (Å²) < 4.78 is 5.50. The molecule has 6 rings (SSSR count). The van der Waals surface area contributed by atoms with Crippen molar-refractivity contribution in [1.82, 2.24) is 0 Å². The topological polar surface area (TPSA) is 0 Å².